The molecule has 0 atom stereocenters. The van der Waals surface area contributed by atoms with Crippen molar-refractivity contribution in [1.82, 2.24) is 9.88 Å². The molecule has 0 aliphatic rings. The van der Waals surface area contributed by atoms with Crippen molar-refractivity contribution in [3.63, 3.8) is 0 Å². The Morgan fingerprint density at radius 2 is 2.17 bits per heavy atom. The number of pyridine rings is 1. The Bertz CT molecular complexity index is 945. The summed E-state index contributed by atoms with van der Waals surface area (Å²) in [6.07, 6.45) is 3.15. The lowest BCUT2D eigenvalue weighted by molar-refractivity contribution is 0.0949. The standard InChI is InChI=1S/C17H15ClN2O4/c1-23-14-3-2-12(18)10-13(14)16(21)19-6-8-20-7-4-11-5-9-24-15(11)17(20)22/h2-5,7,9-10H,6,8H2,1H3,(H,19,21). The molecule has 0 saturated carbocycles. The van der Waals surface area contributed by atoms with Crippen molar-refractivity contribution in [3.8, 4) is 5.75 Å². The number of amides is 1. The summed E-state index contributed by atoms with van der Waals surface area (Å²) in [7, 11) is 1.48. The summed E-state index contributed by atoms with van der Waals surface area (Å²) in [5.41, 5.74) is 0.422. The van der Waals surface area contributed by atoms with Gasteiger partial charge in [-0.05, 0) is 30.3 Å². The fourth-order valence-corrected chi connectivity index (χ4v) is 2.58. The molecule has 1 amide bonds. The van der Waals surface area contributed by atoms with E-state index in [0.717, 1.165) is 5.39 Å². The summed E-state index contributed by atoms with van der Waals surface area (Å²) in [6.45, 7) is 0.602. The quantitative estimate of drug-likeness (QED) is 0.771. The maximum absolute atomic E-state index is 12.3. The van der Waals surface area contributed by atoms with E-state index in [1.54, 1.807) is 30.5 Å². The van der Waals surface area contributed by atoms with Gasteiger partial charge in [-0.2, -0.15) is 0 Å². The monoisotopic (exact) mass is 346 g/mol. The molecule has 2 heterocycles. The number of methoxy groups -OCH3 is 1. The second-order valence-corrected chi connectivity index (χ2v) is 5.56. The van der Waals surface area contributed by atoms with Gasteiger partial charge in [0.15, 0.2) is 5.58 Å². The number of furan rings is 1. The third-order valence-electron chi connectivity index (χ3n) is 3.63. The van der Waals surface area contributed by atoms with Crippen LogP contribution in [0.4, 0.5) is 0 Å². The lowest BCUT2D eigenvalue weighted by Gasteiger charge is -2.10. The molecular weight excluding hydrogens is 332 g/mol. The Hall–Kier alpha value is -2.73. The van der Waals surface area contributed by atoms with Gasteiger partial charge in [0.1, 0.15) is 5.75 Å². The van der Waals surface area contributed by atoms with Crippen LogP contribution in [-0.2, 0) is 6.54 Å². The summed E-state index contributed by atoms with van der Waals surface area (Å²) >= 11 is 5.92. The Morgan fingerprint density at radius 1 is 1.33 bits per heavy atom. The van der Waals surface area contributed by atoms with Gasteiger partial charge in [0.2, 0.25) is 0 Å². The van der Waals surface area contributed by atoms with Gasteiger partial charge >= 0.3 is 0 Å². The highest BCUT2D eigenvalue weighted by molar-refractivity contribution is 6.31. The molecular formula is C17H15ClN2O4. The van der Waals surface area contributed by atoms with Crippen molar-refractivity contribution in [2.45, 2.75) is 6.54 Å². The van der Waals surface area contributed by atoms with Crippen LogP contribution in [0.5, 0.6) is 5.75 Å². The van der Waals surface area contributed by atoms with Gasteiger partial charge in [-0.15, -0.1) is 0 Å². The minimum atomic E-state index is -0.318. The highest BCUT2D eigenvalue weighted by Gasteiger charge is 2.13. The molecule has 1 N–H and O–H groups in total. The van der Waals surface area contributed by atoms with E-state index in [1.807, 2.05) is 0 Å². The molecule has 3 rings (SSSR count). The van der Waals surface area contributed by atoms with Gasteiger partial charge in [-0.25, -0.2) is 0 Å². The Kier molecular flexibility index (Phi) is 4.57. The Morgan fingerprint density at radius 3 is 2.96 bits per heavy atom. The normalized spacial score (nSPS) is 10.8. The number of carbonyl (C=O) groups is 1. The van der Waals surface area contributed by atoms with Crippen LogP contribution in [0, 0.1) is 0 Å². The molecule has 2 aromatic heterocycles. The lowest BCUT2D eigenvalue weighted by Crippen LogP contribution is -2.30. The van der Waals surface area contributed by atoms with Crippen molar-refractivity contribution < 1.29 is 13.9 Å². The van der Waals surface area contributed by atoms with Gasteiger partial charge in [0.05, 0.1) is 18.9 Å². The summed E-state index contributed by atoms with van der Waals surface area (Å²) in [5.74, 6) is 0.118. The van der Waals surface area contributed by atoms with Crippen LogP contribution in [0.15, 0.2) is 52.0 Å². The average molecular weight is 347 g/mol. The summed E-state index contributed by atoms with van der Waals surface area (Å²) in [4.78, 5) is 24.5. The van der Waals surface area contributed by atoms with Crippen molar-refractivity contribution in [2.75, 3.05) is 13.7 Å². The summed E-state index contributed by atoms with van der Waals surface area (Å²) in [5, 5.41) is 3.95. The molecule has 0 saturated heterocycles. The van der Waals surface area contributed by atoms with Gasteiger partial charge in [-0.3, -0.25) is 9.59 Å². The van der Waals surface area contributed by atoms with Crippen LogP contribution < -0.4 is 15.6 Å². The van der Waals surface area contributed by atoms with Gasteiger partial charge < -0.3 is 19.0 Å². The molecule has 124 valence electrons. The molecule has 24 heavy (non-hydrogen) atoms. The predicted molar refractivity (Wildman–Crippen MR) is 90.8 cm³/mol. The zero-order valence-corrected chi connectivity index (χ0v) is 13.7. The fraction of sp³-hybridized carbons (Fsp3) is 0.176. The largest absolute Gasteiger partial charge is 0.496 e. The van der Waals surface area contributed by atoms with E-state index in [1.165, 1.54) is 24.0 Å². The number of rotatable bonds is 5. The molecule has 0 spiro atoms. The van der Waals surface area contributed by atoms with Crippen LogP contribution in [0.25, 0.3) is 11.0 Å². The van der Waals surface area contributed by atoms with Gasteiger partial charge in [0.25, 0.3) is 11.5 Å². The van der Waals surface area contributed by atoms with Crippen LogP contribution in [0.3, 0.4) is 0 Å². The minimum absolute atomic E-state index is 0.230. The SMILES string of the molecule is COc1ccc(Cl)cc1C(=O)NCCn1ccc2ccoc2c1=O. The first kappa shape index (κ1) is 16.1. The highest BCUT2D eigenvalue weighted by Crippen LogP contribution is 2.22. The molecule has 6 nitrogen and oxygen atoms in total. The van der Waals surface area contributed by atoms with E-state index in [0.29, 0.717) is 28.5 Å². The number of aromatic nitrogens is 1. The number of nitrogens with one attached hydrogen (secondary N) is 1. The minimum Gasteiger partial charge on any atom is -0.496 e. The van der Waals surface area contributed by atoms with E-state index in [2.05, 4.69) is 5.32 Å². The number of fused-ring (bicyclic) bond motifs is 1. The number of halogens is 1. The van der Waals surface area contributed by atoms with Crippen molar-refractivity contribution in [1.29, 1.82) is 0 Å². The van der Waals surface area contributed by atoms with E-state index in [4.69, 9.17) is 20.8 Å². The number of ether oxygens (including phenoxy) is 1. The summed E-state index contributed by atoms with van der Waals surface area (Å²) in [6, 6.07) is 8.34. The number of hydrogen-bond donors (Lipinski definition) is 1. The molecule has 3 aromatic rings. The van der Waals surface area contributed by atoms with Crippen molar-refractivity contribution in [2.24, 2.45) is 0 Å². The topological polar surface area (TPSA) is 73.5 Å². The first-order valence-corrected chi connectivity index (χ1v) is 7.66. The molecule has 0 fully saturated rings. The van der Waals surface area contributed by atoms with Crippen LogP contribution in [0.1, 0.15) is 10.4 Å². The molecule has 0 unspecified atom stereocenters. The first-order chi connectivity index (χ1) is 11.6. The maximum atomic E-state index is 12.3. The average Bonchev–Trinajstić information content (AvgIpc) is 3.06. The summed E-state index contributed by atoms with van der Waals surface area (Å²) < 4.78 is 11.8. The zero-order chi connectivity index (χ0) is 17.1. The second-order valence-electron chi connectivity index (χ2n) is 5.12. The van der Waals surface area contributed by atoms with E-state index in [-0.39, 0.29) is 18.0 Å². The predicted octanol–water partition coefficient (Wildman–Crippen LogP) is 2.69. The van der Waals surface area contributed by atoms with Crippen molar-refractivity contribution >= 4 is 28.5 Å². The highest BCUT2D eigenvalue weighted by atomic mass is 35.5. The maximum Gasteiger partial charge on any atom is 0.294 e. The lowest BCUT2D eigenvalue weighted by atomic mass is 10.2. The second kappa shape index (κ2) is 6.80. The Balaban J connectivity index is 1.69. The van der Waals surface area contributed by atoms with Gasteiger partial charge in [-0.1, -0.05) is 11.6 Å². The molecule has 7 heteroatoms. The number of nitrogens with zero attached hydrogens (tertiary/aromatic N) is 1. The van der Waals surface area contributed by atoms with E-state index < -0.39 is 0 Å². The van der Waals surface area contributed by atoms with Crippen molar-refractivity contribution in [3.05, 3.63) is 63.7 Å². The third-order valence-corrected chi connectivity index (χ3v) is 3.86. The van der Waals surface area contributed by atoms with Crippen LogP contribution >= 0.6 is 11.6 Å². The molecule has 1 aromatic carbocycles. The van der Waals surface area contributed by atoms with Gasteiger partial charge in [0, 0.05) is 29.7 Å². The number of hydrogen-bond acceptors (Lipinski definition) is 4. The van der Waals surface area contributed by atoms with E-state index >= 15 is 0 Å². The first-order valence-electron chi connectivity index (χ1n) is 7.28. The van der Waals surface area contributed by atoms with E-state index in [9.17, 15) is 9.59 Å². The zero-order valence-electron chi connectivity index (χ0n) is 12.9. The molecule has 0 bridgehead atoms. The molecule has 0 aliphatic carbocycles. The number of benzene rings is 1. The molecule has 0 radical (unpaired) electrons. The van der Waals surface area contributed by atoms with Crippen LogP contribution in [0.2, 0.25) is 5.02 Å². The van der Waals surface area contributed by atoms with Crippen LogP contribution in [-0.4, -0.2) is 24.1 Å². The third kappa shape index (κ3) is 3.14. The molecule has 0 aliphatic heterocycles. The smallest absolute Gasteiger partial charge is 0.294 e. The number of carbonyl (C=O) groups excluding carboxylic acids is 1. The Labute approximate surface area is 142 Å². The fourth-order valence-electron chi connectivity index (χ4n) is 2.41.